The topological polar surface area (TPSA) is 37.3 Å². The fourth-order valence-electron chi connectivity index (χ4n) is 0.716. The van der Waals surface area contributed by atoms with Crippen molar-refractivity contribution in [3.8, 4) is 0 Å². The fraction of sp³-hybridized carbons (Fsp3) is 1.00. The van der Waals surface area contributed by atoms with Crippen molar-refractivity contribution in [2.45, 2.75) is 22.9 Å². The van der Waals surface area contributed by atoms with Crippen LogP contribution in [0.25, 0.3) is 0 Å². The Morgan fingerprint density at radius 2 is 2.33 bits per heavy atom. The average Bonchev–Trinajstić information content (AvgIpc) is 2.14. The molecular formula is C4H7FO2S2. The summed E-state index contributed by atoms with van der Waals surface area (Å²) < 4.78 is 30.6. The van der Waals surface area contributed by atoms with Crippen molar-refractivity contribution in [1.82, 2.24) is 0 Å². The third-order valence-corrected chi connectivity index (χ3v) is 3.74. The first-order valence-electron chi connectivity index (χ1n) is 2.59. The second-order valence-electron chi connectivity index (χ2n) is 1.83. The zero-order valence-electron chi connectivity index (χ0n) is 4.62. The van der Waals surface area contributed by atoms with Gasteiger partial charge >= 0.3 is 0 Å². The summed E-state index contributed by atoms with van der Waals surface area (Å²) in [6.45, 7) is 0. The fourth-order valence-corrected chi connectivity index (χ4v) is 2.67. The lowest BCUT2D eigenvalue weighted by atomic mass is 10.4. The summed E-state index contributed by atoms with van der Waals surface area (Å²) in [7, 11) is 0. The molecule has 0 radical (unpaired) electrons. The van der Waals surface area contributed by atoms with Gasteiger partial charge in [0.15, 0.2) is 11.1 Å². The van der Waals surface area contributed by atoms with Crippen molar-refractivity contribution in [3.63, 3.8) is 0 Å². The van der Waals surface area contributed by atoms with Crippen molar-refractivity contribution in [3.05, 3.63) is 0 Å². The van der Waals surface area contributed by atoms with Crippen molar-refractivity contribution in [1.29, 1.82) is 0 Å². The monoisotopic (exact) mass is 170 g/mol. The predicted octanol–water partition coefficient (Wildman–Crippen LogP) is 1.36. The minimum absolute atomic E-state index is 0.389. The van der Waals surface area contributed by atoms with Crippen molar-refractivity contribution >= 4 is 22.8 Å². The zero-order chi connectivity index (χ0) is 6.85. The summed E-state index contributed by atoms with van der Waals surface area (Å²) in [6.07, 6.45) is 0.941. The maximum atomic E-state index is 12.3. The summed E-state index contributed by atoms with van der Waals surface area (Å²) in [4.78, 5) is 0. The largest absolute Gasteiger partial charge is 0.305 e. The van der Waals surface area contributed by atoms with Crippen molar-refractivity contribution in [2.24, 2.45) is 0 Å². The molecule has 1 rings (SSSR count). The van der Waals surface area contributed by atoms with E-state index < -0.39 is 16.6 Å². The molecule has 2 nitrogen and oxygen atoms in total. The first-order chi connectivity index (χ1) is 4.20. The SMILES string of the molecule is O=S(O)C1CCC(F)S1. The van der Waals surface area contributed by atoms with Crippen LogP contribution in [0, 0.1) is 0 Å². The Bertz CT molecular complexity index is 130. The van der Waals surface area contributed by atoms with Gasteiger partial charge in [-0.05, 0) is 12.8 Å². The molecule has 0 aromatic rings. The van der Waals surface area contributed by atoms with E-state index in [0.717, 1.165) is 11.8 Å². The molecule has 1 fully saturated rings. The highest BCUT2D eigenvalue weighted by molar-refractivity contribution is 8.10. The molecule has 9 heavy (non-hydrogen) atoms. The minimum Gasteiger partial charge on any atom is -0.305 e. The van der Waals surface area contributed by atoms with Gasteiger partial charge in [0.2, 0.25) is 0 Å². The van der Waals surface area contributed by atoms with Crippen LogP contribution >= 0.6 is 11.8 Å². The summed E-state index contributed by atoms with van der Waals surface area (Å²) in [5.74, 6) is 0. The molecule has 3 unspecified atom stereocenters. The Labute approximate surface area is 59.5 Å². The molecule has 0 spiro atoms. The zero-order valence-corrected chi connectivity index (χ0v) is 6.25. The summed E-state index contributed by atoms with van der Waals surface area (Å²) in [6, 6.07) is 0. The van der Waals surface area contributed by atoms with Crippen LogP contribution in [0.4, 0.5) is 4.39 Å². The van der Waals surface area contributed by atoms with Crippen LogP contribution in [0.2, 0.25) is 0 Å². The number of rotatable bonds is 1. The van der Waals surface area contributed by atoms with Gasteiger partial charge in [-0.3, -0.25) is 0 Å². The molecule has 1 saturated heterocycles. The molecular weight excluding hydrogens is 163 g/mol. The van der Waals surface area contributed by atoms with E-state index >= 15 is 0 Å². The average molecular weight is 170 g/mol. The highest BCUT2D eigenvalue weighted by Crippen LogP contribution is 2.35. The molecule has 0 aromatic heterocycles. The lowest BCUT2D eigenvalue weighted by molar-refractivity contribution is 0.440. The van der Waals surface area contributed by atoms with E-state index in [4.69, 9.17) is 4.55 Å². The molecule has 5 heteroatoms. The van der Waals surface area contributed by atoms with Gasteiger partial charge < -0.3 is 4.55 Å². The van der Waals surface area contributed by atoms with E-state index in [0.29, 0.717) is 12.8 Å². The van der Waals surface area contributed by atoms with E-state index in [9.17, 15) is 8.60 Å². The Hall–Kier alpha value is 0.390. The van der Waals surface area contributed by atoms with Crippen LogP contribution in [0.15, 0.2) is 0 Å². The van der Waals surface area contributed by atoms with Gasteiger partial charge in [-0.15, -0.1) is 11.8 Å². The second kappa shape index (κ2) is 2.98. The molecule has 1 aliphatic heterocycles. The molecule has 1 heterocycles. The lowest BCUT2D eigenvalue weighted by Crippen LogP contribution is -2.04. The van der Waals surface area contributed by atoms with Crippen LogP contribution in [-0.4, -0.2) is 18.8 Å². The van der Waals surface area contributed by atoms with Crippen LogP contribution in [-0.2, 0) is 11.1 Å². The van der Waals surface area contributed by atoms with Gasteiger partial charge in [-0.25, -0.2) is 8.60 Å². The van der Waals surface area contributed by atoms with Gasteiger partial charge in [0, 0.05) is 0 Å². The van der Waals surface area contributed by atoms with Gasteiger partial charge in [-0.1, -0.05) is 0 Å². The number of halogens is 1. The molecule has 54 valence electrons. The maximum Gasteiger partial charge on any atom is 0.166 e. The highest BCUT2D eigenvalue weighted by atomic mass is 32.2. The van der Waals surface area contributed by atoms with E-state index in [2.05, 4.69) is 0 Å². The van der Waals surface area contributed by atoms with Crippen LogP contribution in [0.3, 0.4) is 0 Å². The van der Waals surface area contributed by atoms with E-state index in [1.165, 1.54) is 0 Å². The molecule has 0 bridgehead atoms. The Morgan fingerprint density at radius 1 is 1.67 bits per heavy atom. The molecule has 3 atom stereocenters. The lowest BCUT2D eigenvalue weighted by Gasteiger charge is -1.99. The molecule has 1 N–H and O–H groups in total. The van der Waals surface area contributed by atoms with Crippen molar-refractivity contribution < 1.29 is 13.2 Å². The Kier molecular flexibility index (Phi) is 2.49. The summed E-state index contributed by atoms with van der Waals surface area (Å²) in [5.41, 5.74) is -0.925. The van der Waals surface area contributed by atoms with Crippen molar-refractivity contribution in [2.75, 3.05) is 0 Å². The molecule has 0 aromatic carbocycles. The normalized spacial score (nSPS) is 38.9. The smallest absolute Gasteiger partial charge is 0.166 e. The standard InChI is InChI=1S/C4H7FO2S2/c5-3-1-2-4(8-3)9(6)7/h3-4H,1-2H2,(H,6,7). The van der Waals surface area contributed by atoms with Gasteiger partial charge in [0.25, 0.3) is 0 Å². The molecule has 0 amide bonds. The third-order valence-electron chi connectivity index (χ3n) is 1.15. The second-order valence-corrected chi connectivity index (χ2v) is 4.60. The third kappa shape index (κ3) is 1.91. The predicted molar refractivity (Wildman–Crippen MR) is 36.3 cm³/mol. The number of hydrogen-bond acceptors (Lipinski definition) is 2. The number of thioether (sulfide) groups is 1. The number of alkyl halides is 1. The molecule has 1 aliphatic rings. The number of hydrogen-bond donors (Lipinski definition) is 1. The Balaban J connectivity index is 2.39. The Morgan fingerprint density at radius 3 is 2.56 bits per heavy atom. The van der Waals surface area contributed by atoms with E-state index in [-0.39, 0.29) is 4.58 Å². The molecule has 0 saturated carbocycles. The van der Waals surface area contributed by atoms with Gasteiger partial charge in [-0.2, -0.15) is 0 Å². The quantitative estimate of drug-likeness (QED) is 0.604. The maximum absolute atomic E-state index is 12.3. The highest BCUT2D eigenvalue weighted by Gasteiger charge is 2.28. The first-order valence-corrected chi connectivity index (χ1v) is 4.70. The van der Waals surface area contributed by atoms with Crippen LogP contribution < -0.4 is 0 Å². The summed E-state index contributed by atoms with van der Waals surface area (Å²) >= 11 is -0.882. The van der Waals surface area contributed by atoms with Gasteiger partial charge in [0.05, 0.1) is 0 Å². The van der Waals surface area contributed by atoms with Crippen LogP contribution in [0.1, 0.15) is 12.8 Å². The molecule has 0 aliphatic carbocycles. The van der Waals surface area contributed by atoms with E-state index in [1.54, 1.807) is 0 Å². The first kappa shape index (κ1) is 7.50. The summed E-state index contributed by atoms with van der Waals surface area (Å²) in [5, 5.41) is 0. The van der Waals surface area contributed by atoms with E-state index in [1.807, 2.05) is 0 Å². The van der Waals surface area contributed by atoms with Crippen LogP contribution in [0.5, 0.6) is 0 Å². The minimum atomic E-state index is -1.84. The van der Waals surface area contributed by atoms with Gasteiger partial charge in [0.1, 0.15) is 10.1 Å².